The van der Waals surface area contributed by atoms with E-state index in [-0.39, 0.29) is 5.75 Å². The average molecular weight is 317 g/mol. The molecule has 0 aromatic carbocycles. The summed E-state index contributed by atoms with van der Waals surface area (Å²) in [5.41, 5.74) is 8.56. The Kier molecular flexibility index (Phi) is 6.32. The average Bonchev–Trinajstić information content (AvgIpc) is 2.35. The quantitative estimate of drug-likeness (QED) is 0.250. The van der Waals surface area contributed by atoms with Crippen molar-refractivity contribution in [3.8, 4) is 0 Å². The van der Waals surface area contributed by atoms with E-state index in [4.69, 9.17) is 19.7 Å². The van der Waals surface area contributed by atoms with E-state index in [0.29, 0.717) is 0 Å². The first-order chi connectivity index (χ1) is 9.85. The van der Waals surface area contributed by atoms with Crippen molar-refractivity contribution in [3.63, 3.8) is 0 Å². The van der Waals surface area contributed by atoms with Crippen LogP contribution < -0.4 is 0 Å². The van der Waals surface area contributed by atoms with E-state index < -0.39 is 41.6 Å². The molecule has 0 aromatic rings. The first-order valence-corrected chi connectivity index (χ1v) is 7.07. The van der Waals surface area contributed by atoms with Gasteiger partial charge in [-0.2, -0.15) is 0 Å². The Bertz CT molecular complexity index is 479. The van der Waals surface area contributed by atoms with Crippen LogP contribution in [-0.2, 0) is 28.6 Å². The number of azide groups is 1. The van der Waals surface area contributed by atoms with Crippen molar-refractivity contribution in [2.75, 3.05) is 5.75 Å². The molecule has 1 rings (SSSR count). The van der Waals surface area contributed by atoms with Crippen LogP contribution in [-0.4, -0.2) is 47.3 Å². The van der Waals surface area contributed by atoms with E-state index >= 15 is 0 Å². The van der Waals surface area contributed by atoms with E-state index in [1.165, 1.54) is 20.8 Å². The Labute approximate surface area is 124 Å². The van der Waals surface area contributed by atoms with Gasteiger partial charge in [0.25, 0.3) is 0 Å². The highest BCUT2D eigenvalue weighted by Crippen LogP contribution is 2.33. The molecule has 0 N–H and O–H groups in total. The standard InChI is InChI=1S/C11H15N3O6S/c1-5(15)18-8-4-21-11(13-14-12)10(20-7(3)17)9(8)19-6(2)16/h8-11H,4H2,1-3H3/t8-,9+,10-,11?/m1/s1. The van der Waals surface area contributed by atoms with E-state index in [1.54, 1.807) is 0 Å². The SMILES string of the molecule is CC(=O)O[C@H]1[C@H](OC(C)=O)CSC(N=[N+]=[N-])[C@@H]1OC(C)=O. The molecule has 0 bridgehead atoms. The van der Waals surface area contributed by atoms with Crippen LogP contribution in [0.5, 0.6) is 0 Å². The molecule has 21 heavy (non-hydrogen) atoms. The van der Waals surface area contributed by atoms with Gasteiger partial charge in [0.05, 0.1) is 0 Å². The highest BCUT2D eigenvalue weighted by atomic mass is 32.2. The van der Waals surface area contributed by atoms with Gasteiger partial charge in [0, 0.05) is 31.4 Å². The lowest BCUT2D eigenvalue weighted by Gasteiger charge is -2.38. The zero-order valence-electron chi connectivity index (χ0n) is 11.7. The number of hydrogen-bond donors (Lipinski definition) is 0. The highest BCUT2D eigenvalue weighted by Gasteiger charge is 2.46. The molecule has 0 aromatic heterocycles. The zero-order chi connectivity index (χ0) is 16.0. The topological polar surface area (TPSA) is 128 Å². The summed E-state index contributed by atoms with van der Waals surface area (Å²) < 4.78 is 15.3. The predicted octanol–water partition coefficient (Wildman–Crippen LogP) is 1.16. The minimum atomic E-state index is -1.02. The summed E-state index contributed by atoms with van der Waals surface area (Å²) in [5.74, 6) is -1.55. The Morgan fingerprint density at radius 1 is 1.05 bits per heavy atom. The maximum Gasteiger partial charge on any atom is 0.303 e. The number of rotatable bonds is 4. The normalized spacial score (nSPS) is 28.0. The lowest BCUT2D eigenvalue weighted by molar-refractivity contribution is -0.181. The second-order valence-corrected chi connectivity index (χ2v) is 5.37. The maximum absolute atomic E-state index is 11.2. The van der Waals surface area contributed by atoms with Crippen LogP contribution in [0.3, 0.4) is 0 Å². The summed E-state index contributed by atoms with van der Waals surface area (Å²) in [6, 6.07) is 0. The number of thioether (sulfide) groups is 1. The van der Waals surface area contributed by atoms with Crippen molar-refractivity contribution in [3.05, 3.63) is 10.4 Å². The van der Waals surface area contributed by atoms with E-state index in [0.717, 1.165) is 11.8 Å². The predicted molar refractivity (Wildman–Crippen MR) is 72.1 cm³/mol. The molecule has 1 fully saturated rings. The molecule has 4 atom stereocenters. The first kappa shape index (κ1) is 17.1. The molecule has 0 saturated carbocycles. The van der Waals surface area contributed by atoms with Crippen molar-refractivity contribution in [1.82, 2.24) is 0 Å². The minimum absolute atomic E-state index is 0.249. The number of hydrogen-bond acceptors (Lipinski definition) is 8. The van der Waals surface area contributed by atoms with E-state index in [1.807, 2.05) is 0 Å². The third kappa shape index (κ3) is 5.16. The molecule has 9 nitrogen and oxygen atoms in total. The number of esters is 3. The molecular weight excluding hydrogens is 302 g/mol. The van der Waals surface area contributed by atoms with Crippen LogP contribution in [0.4, 0.5) is 0 Å². The van der Waals surface area contributed by atoms with Crippen LogP contribution in [0.2, 0.25) is 0 Å². The third-order valence-corrected chi connectivity index (χ3v) is 3.71. The first-order valence-electron chi connectivity index (χ1n) is 6.02. The van der Waals surface area contributed by atoms with E-state index in [9.17, 15) is 14.4 Å². The molecule has 0 radical (unpaired) electrons. The van der Waals surface area contributed by atoms with Crippen LogP contribution in [0.15, 0.2) is 5.11 Å². The molecule has 1 unspecified atom stereocenters. The van der Waals surface area contributed by atoms with Gasteiger partial charge in [-0.3, -0.25) is 14.4 Å². The van der Waals surface area contributed by atoms with E-state index in [2.05, 4.69) is 10.0 Å². The molecule has 1 saturated heterocycles. The van der Waals surface area contributed by atoms with Crippen molar-refractivity contribution < 1.29 is 28.6 Å². The molecule has 0 aliphatic carbocycles. The molecule has 10 heteroatoms. The van der Waals surface area contributed by atoms with Crippen molar-refractivity contribution in [2.45, 2.75) is 44.5 Å². The van der Waals surface area contributed by atoms with Crippen LogP contribution in [0.1, 0.15) is 20.8 Å². The van der Waals surface area contributed by atoms with Crippen LogP contribution in [0, 0.1) is 0 Å². The Morgan fingerprint density at radius 2 is 1.57 bits per heavy atom. The number of carbonyl (C=O) groups excluding carboxylic acids is 3. The summed E-state index contributed by atoms with van der Waals surface area (Å²) in [6.07, 6.45) is -2.83. The van der Waals surface area contributed by atoms with Gasteiger partial charge in [0.2, 0.25) is 0 Å². The number of ether oxygens (including phenoxy) is 3. The summed E-state index contributed by atoms with van der Waals surface area (Å²) >= 11 is 1.15. The molecule has 116 valence electrons. The Hall–Kier alpha value is -1.93. The molecule has 0 spiro atoms. The van der Waals surface area contributed by atoms with Gasteiger partial charge >= 0.3 is 17.9 Å². The van der Waals surface area contributed by atoms with Gasteiger partial charge in [-0.15, -0.1) is 11.8 Å². The van der Waals surface area contributed by atoms with Gasteiger partial charge in [-0.25, -0.2) is 0 Å². The zero-order valence-corrected chi connectivity index (χ0v) is 12.5. The molecule has 1 aliphatic rings. The van der Waals surface area contributed by atoms with Crippen LogP contribution >= 0.6 is 11.8 Å². The largest absolute Gasteiger partial charge is 0.458 e. The molecular formula is C11H15N3O6S. The van der Waals surface area contributed by atoms with Gasteiger partial charge in [-0.1, -0.05) is 5.11 Å². The fraction of sp³-hybridized carbons (Fsp3) is 0.727. The molecule has 0 amide bonds. The Balaban J connectivity index is 3.05. The van der Waals surface area contributed by atoms with Gasteiger partial charge in [0.15, 0.2) is 18.3 Å². The molecule has 1 aliphatic heterocycles. The second-order valence-electron chi connectivity index (χ2n) is 4.22. The minimum Gasteiger partial charge on any atom is -0.458 e. The molecule has 1 heterocycles. The van der Waals surface area contributed by atoms with Crippen molar-refractivity contribution in [2.24, 2.45) is 5.11 Å². The van der Waals surface area contributed by atoms with Gasteiger partial charge in [-0.05, 0) is 5.53 Å². The lowest BCUT2D eigenvalue weighted by Crippen LogP contribution is -2.53. The highest BCUT2D eigenvalue weighted by molar-refractivity contribution is 8.00. The maximum atomic E-state index is 11.2. The second kappa shape index (κ2) is 7.75. The lowest BCUT2D eigenvalue weighted by atomic mass is 10.1. The Morgan fingerprint density at radius 3 is 2.05 bits per heavy atom. The summed E-state index contributed by atoms with van der Waals surface area (Å²) in [6.45, 7) is 3.58. The third-order valence-electron chi connectivity index (χ3n) is 2.49. The fourth-order valence-corrected chi connectivity index (χ4v) is 3.03. The fourth-order valence-electron chi connectivity index (χ4n) is 1.87. The summed E-state index contributed by atoms with van der Waals surface area (Å²) in [4.78, 5) is 36.2. The van der Waals surface area contributed by atoms with Crippen molar-refractivity contribution in [1.29, 1.82) is 0 Å². The summed E-state index contributed by atoms with van der Waals surface area (Å²) in [7, 11) is 0. The van der Waals surface area contributed by atoms with Gasteiger partial charge in [0.1, 0.15) is 5.37 Å². The summed E-state index contributed by atoms with van der Waals surface area (Å²) in [5, 5.41) is 2.76. The van der Waals surface area contributed by atoms with Crippen LogP contribution in [0.25, 0.3) is 10.4 Å². The van der Waals surface area contributed by atoms with Gasteiger partial charge < -0.3 is 14.2 Å². The smallest absolute Gasteiger partial charge is 0.303 e. The van der Waals surface area contributed by atoms with Crippen molar-refractivity contribution >= 4 is 29.7 Å². The number of carbonyl (C=O) groups is 3. The number of nitrogens with zero attached hydrogens (tertiary/aromatic N) is 3. The monoisotopic (exact) mass is 317 g/mol.